The van der Waals surface area contributed by atoms with E-state index in [1.54, 1.807) is 0 Å². The van der Waals surface area contributed by atoms with Crippen LogP contribution in [0.15, 0.2) is 23.2 Å². The molecule has 0 unspecified atom stereocenters. The highest BCUT2D eigenvalue weighted by Gasteiger charge is 2.15. The van der Waals surface area contributed by atoms with Crippen molar-refractivity contribution in [3.8, 4) is 0 Å². The van der Waals surface area contributed by atoms with Crippen LogP contribution in [0.5, 0.6) is 0 Å². The fourth-order valence-corrected chi connectivity index (χ4v) is 3.30. The summed E-state index contributed by atoms with van der Waals surface area (Å²) in [6, 6.07) is 2.85. The lowest BCUT2D eigenvalue weighted by Gasteiger charge is -2.26. The van der Waals surface area contributed by atoms with E-state index in [0.29, 0.717) is 12.4 Å². The molecule has 2 rings (SSSR count). The minimum absolute atomic E-state index is 0.166. The molecule has 4 N–H and O–H groups in total. The zero-order chi connectivity index (χ0) is 14.4. The van der Waals surface area contributed by atoms with Gasteiger partial charge in [0.2, 0.25) is 10.0 Å². The molecule has 0 amide bonds. The molecule has 1 aromatic rings. The van der Waals surface area contributed by atoms with E-state index in [0.717, 1.165) is 19.6 Å². The van der Waals surface area contributed by atoms with E-state index in [-0.39, 0.29) is 4.90 Å². The maximum Gasteiger partial charge on any atom is 0.240 e. The Bertz CT molecular complexity index is 528. The monoisotopic (exact) mass is 299 g/mol. The van der Waals surface area contributed by atoms with Gasteiger partial charge in [0.25, 0.3) is 0 Å². The van der Waals surface area contributed by atoms with Gasteiger partial charge in [0.15, 0.2) is 0 Å². The highest BCUT2D eigenvalue weighted by atomic mass is 32.2. The van der Waals surface area contributed by atoms with Crippen LogP contribution in [0, 0.1) is 0 Å². The number of rotatable bonds is 6. The summed E-state index contributed by atoms with van der Waals surface area (Å²) in [6.07, 6.45) is 5.08. The third-order valence-electron chi connectivity index (χ3n) is 3.36. The van der Waals surface area contributed by atoms with E-state index in [2.05, 4.69) is 20.0 Å². The summed E-state index contributed by atoms with van der Waals surface area (Å²) in [6.45, 7) is 3.26. The van der Waals surface area contributed by atoms with Crippen LogP contribution in [0.3, 0.4) is 0 Å². The summed E-state index contributed by atoms with van der Waals surface area (Å²) < 4.78 is 26.8. The Morgan fingerprint density at radius 1 is 1.30 bits per heavy atom. The minimum atomic E-state index is -3.51. The third-order valence-corrected chi connectivity index (χ3v) is 4.82. The molecule has 0 atom stereocenters. The molecular formula is C12H21N5O2S. The van der Waals surface area contributed by atoms with Gasteiger partial charge in [-0.25, -0.2) is 24.0 Å². The Balaban J connectivity index is 1.89. The summed E-state index contributed by atoms with van der Waals surface area (Å²) in [4.78, 5) is 6.34. The summed E-state index contributed by atoms with van der Waals surface area (Å²) in [7, 11) is -3.51. The molecule has 1 aromatic heterocycles. The van der Waals surface area contributed by atoms with Crippen LogP contribution < -0.4 is 16.0 Å². The van der Waals surface area contributed by atoms with Gasteiger partial charge < -0.3 is 10.3 Å². The number of nitrogen functional groups attached to an aromatic ring is 1. The topological polar surface area (TPSA) is 100 Å². The number of piperidine rings is 1. The molecule has 1 aliphatic heterocycles. The number of hydrazine groups is 1. The number of likely N-dealkylation sites (tertiary alicyclic amines) is 1. The number of nitrogens with two attached hydrogens (primary N) is 1. The number of hydrogen-bond acceptors (Lipinski definition) is 6. The van der Waals surface area contributed by atoms with E-state index >= 15 is 0 Å². The first-order chi connectivity index (χ1) is 9.62. The number of nitrogens with zero attached hydrogens (tertiary/aromatic N) is 2. The zero-order valence-corrected chi connectivity index (χ0v) is 12.2. The van der Waals surface area contributed by atoms with Gasteiger partial charge in [0.1, 0.15) is 5.82 Å². The summed E-state index contributed by atoms with van der Waals surface area (Å²) in [5.74, 6) is 5.55. The zero-order valence-electron chi connectivity index (χ0n) is 11.4. The Morgan fingerprint density at radius 3 is 2.75 bits per heavy atom. The molecule has 7 nitrogen and oxygen atoms in total. The van der Waals surface area contributed by atoms with Crippen LogP contribution in [0.4, 0.5) is 5.82 Å². The number of sulfonamides is 1. The first-order valence-corrected chi connectivity index (χ1v) is 8.25. The molecule has 0 radical (unpaired) electrons. The van der Waals surface area contributed by atoms with Crippen molar-refractivity contribution in [2.24, 2.45) is 5.84 Å². The predicted molar refractivity (Wildman–Crippen MR) is 77.5 cm³/mol. The van der Waals surface area contributed by atoms with E-state index < -0.39 is 10.0 Å². The van der Waals surface area contributed by atoms with Gasteiger partial charge >= 0.3 is 0 Å². The fraction of sp³-hybridized carbons (Fsp3) is 0.583. The lowest BCUT2D eigenvalue weighted by molar-refractivity contribution is 0.233. The molecule has 20 heavy (non-hydrogen) atoms. The second-order valence-electron chi connectivity index (χ2n) is 4.82. The van der Waals surface area contributed by atoms with Gasteiger partial charge in [-0.3, -0.25) is 0 Å². The molecule has 1 saturated heterocycles. The predicted octanol–water partition coefficient (Wildman–Crippen LogP) is 0.131. The van der Waals surface area contributed by atoms with E-state index in [1.165, 1.54) is 37.6 Å². The molecule has 1 fully saturated rings. The van der Waals surface area contributed by atoms with Gasteiger partial charge in [-0.2, -0.15) is 0 Å². The van der Waals surface area contributed by atoms with Crippen molar-refractivity contribution in [3.05, 3.63) is 18.3 Å². The van der Waals surface area contributed by atoms with Crippen LogP contribution in [0.25, 0.3) is 0 Å². The Hall–Kier alpha value is -1.22. The van der Waals surface area contributed by atoms with Crippen molar-refractivity contribution in [2.45, 2.75) is 24.2 Å². The molecule has 8 heteroatoms. The van der Waals surface area contributed by atoms with Crippen molar-refractivity contribution < 1.29 is 8.42 Å². The molecule has 0 saturated carbocycles. The molecule has 1 aliphatic rings. The first kappa shape index (κ1) is 15.2. The normalized spacial score (nSPS) is 17.1. The average Bonchev–Trinajstić information content (AvgIpc) is 2.48. The fourth-order valence-electron chi connectivity index (χ4n) is 2.26. The molecular weight excluding hydrogens is 278 g/mol. The van der Waals surface area contributed by atoms with Gasteiger partial charge in [-0.1, -0.05) is 6.42 Å². The highest BCUT2D eigenvalue weighted by Crippen LogP contribution is 2.12. The van der Waals surface area contributed by atoms with Crippen LogP contribution in [0.2, 0.25) is 0 Å². The van der Waals surface area contributed by atoms with Gasteiger partial charge in [0, 0.05) is 25.4 Å². The van der Waals surface area contributed by atoms with Crippen molar-refractivity contribution >= 4 is 15.8 Å². The number of nitrogens with one attached hydrogen (secondary N) is 2. The minimum Gasteiger partial charge on any atom is -0.308 e. The lowest BCUT2D eigenvalue weighted by atomic mass is 10.1. The number of aromatic nitrogens is 1. The van der Waals surface area contributed by atoms with Crippen LogP contribution in [0.1, 0.15) is 19.3 Å². The highest BCUT2D eigenvalue weighted by molar-refractivity contribution is 7.89. The maximum absolute atomic E-state index is 12.1. The molecule has 2 heterocycles. The smallest absolute Gasteiger partial charge is 0.240 e. The number of hydrogen-bond donors (Lipinski definition) is 3. The number of anilines is 1. The molecule has 112 valence electrons. The van der Waals surface area contributed by atoms with Gasteiger partial charge in [-0.15, -0.1) is 0 Å². The summed E-state index contributed by atoms with van der Waals surface area (Å²) in [5, 5.41) is 0. The van der Waals surface area contributed by atoms with Crippen molar-refractivity contribution in [2.75, 3.05) is 31.6 Å². The lowest BCUT2D eigenvalue weighted by Crippen LogP contribution is -2.37. The Morgan fingerprint density at radius 2 is 2.05 bits per heavy atom. The maximum atomic E-state index is 12.1. The molecule has 0 aliphatic carbocycles. The van der Waals surface area contributed by atoms with Crippen molar-refractivity contribution in [3.63, 3.8) is 0 Å². The quantitative estimate of drug-likeness (QED) is 0.510. The van der Waals surface area contributed by atoms with Crippen molar-refractivity contribution in [1.29, 1.82) is 0 Å². The molecule has 0 aromatic carbocycles. The van der Waals surface area contributed by atoms with E-state index in [9.17, 15) is 8.42 Å². The summed E-state index contributed by atoms with van der Waals surface area (Å²) >= 11 is 0. The largest absolute Gasteiger partial charge is 0.308 e. The average molecular weight is 299 g/mol. The van der Waals surface area contributed by atoms with Crippen LogP contribution in [-0.4, -0.2) is 44.5 Å². The third kappa shape index (κ3) is 4.14. The van der Waals surface area contributed by atoms with E-state index in [1.807, 2.05) is 0 Å². The van der Waals surface area contributed by atoms with Crippen LogP contribution >= 0.6 is 0 Å². The first-order valence-electron chi connectivity index (χ1n) is 6.76. The van der Waals surface area contributed by atoms with Gasteiger partial charge in [-0.05, 0) is 32.0 Å². The summed E-state index contributed by atoms with van der Waals surface area (Å²) in [5.41, 5.74) is 2.34. The Kier molecular flexibility index (Phi) is 5.30. The Labute approximate surface area is 119 Å². The van der Waals surface area contributed by atoms with Crippen molar-refractivity contribution in [1.82, 2.24) is 14.6 Å². The SMILES string of the molecule is NNc1cc(S(=O)(=O)NCCN2CCCCC2)ccn1. The second-order valence-corrected chi connectivity index (χ2v) is 6.59. The van der Waals surface area contributed by atoms with E-state index in [4.69, 9.17) is 5.84 Å². The molecule has 0 bridgehead atoms. The van der Waals surface area contributed by atoms with Gasteiger partial charge in [0.05, 0.1) is 4.90 Å². The second kappa shape index (κ2) is 6.98. The number of pyridine rings is 1. The molecule has 0 spiro atoms. The van der Waals surface area contributed by atoms with Crippen LogP contribution in [-0.2, 0) is 10.0 Å². The standard InChI is InChI=1S/C12H21N5O2S/c13-16-12-10-11(4-5-14-12)20(18,19)15-6-9-17-7-2-1-3-8-17/h4-5,10,15H,1-3,6-9,13H2,(H,14,16).